The Hall–Kier alpha value is -3.16. The molecule has 0 atom stereocenters. The van der Waals surface area contributed by atoms with Gasteiger partial charge in [0.2, 0.25) is 0 Å². The molecule has 0 fully saturated rings. The van der Waals surface area contributed by atoms with E-state index in [2.05, 4.69) is 16.2 Å². The number of benzene rings is 2. The van der Waals surface area contributed by atoms with E-state index in [9.17, 15) is 14.4 Å². The molecule has 6 nitrogen and oxygen atoms in total. The Balaban J connectivity index is 1.55. The molecule has 0 aliphatic rings. The summed E-state index contributed by atoms with van der Waals surface area (Å²) in [5.41, 5.74) is 5.94. The van der Waals surface area contributed by atoms with Crippen molar-refractivity contribution in [1.29, 1.82) is 0 Å². The fraction of sp³-hybridized carbons (Fsp3) is 0. The van der Waals surface area contributed by atoms with Crippen LogP contribution in [0, 0.1) is 0 Å². The van der Waals surface area contributed by atoms with Gasteiger partial charge in [0.1, 0.15) is 0 Å². The van der Waals surface area contributed by atoms with Gasteiger partial charge in [0.15, 0.2) is 0 Å². The van der Waals surface area contributed by atoms with Gasteiger partial charge in [-0.3, -0.25) is 25.2 Å². The molecule has 2 aromatic carbocycles. The van der Waals surface area contributed by atoms with E-state index in [1.54, 1.807) is 60.7 Å². The summed E-state index contributed by atoms with van der Waals surface area (Å²) in [5, 5.41) is 5.08. The third-order valence-corrected chi connectivity index (χ3v) is 4.67. The normalized spacial score (nSPS) is 10.1. The third-order valence-electron chi connectivity index (χ3n) is 3.55. The molecule has 8 heteroatoms. The first kappa shape index (κ1) is 18.6. The van der Waals surface area contributed by atoms with Crippen LogP contribution in [0.25, 0.3) is 0 Å². The van der Waals surface area contributed by atoms with Gasteiger partial charge in [0.05, 0.1) is 4.88 Å². The fourth-order valence-corrected chi connectivity index (χ4v) is 2.91. The molecule has 0 saturated carbocycles. The van der Waals surface area contributed by atoms with Gasteiger partial charge < -0.3 is 5.32 Å². The number of hydrogen-bond donors (Lipinski definition) is 3. The number of carbonyl (C=O) groups is 3. The number of thiophene rings is 1. The summed E-state index contributed by atoms with van der Waals surface area (Å²) in [6.07, 6.45) is 0. The van der Waals surface area contributed by atoms with E-state index in [0.29, 0.717) is 26.7 Å². The summed E-state index contributed by atoms with van der Waals surface area (Å²) in [5.74, 6) is -1.15. The van der Waals surface area contributed by atoms with E-state index in [1.807, 2.05) is 5.38 Å². The number of hydrazine groups is 1. The van der Waals surface area contributed by atoms with Crippen LogP contribution in [0.2, 0.25) is 5.02 Å². The molecular formula is C19H14ClN3O3S. The molecule has 0 radical (unpaired) electrons. The van der Waals surface area contributed by atoms with Crippen LogP contribution in [0.4, 0.5) is 5.69 Å². The van der Waals surface area contributed by atoms with E-state index in [0.717, 1.165) is 0 Å². The molecule has 0 saturated heterocycles. The number of halogens is 1. The van der Waals surface area contributed by atoms with Crippen molar-refractivity contribution >= 4 is 46.3 Å². The molecule has 0 aliphatic heterocycles. The predicted octanol–water partition coefficient (Wildman–Crippen LogP) is 3.73. The molecule has 3 aromatic rings. The molecule has 0 aliphatic carbocycles. The largest absolute Gasteiger partial charge is 0.321 e. The minimum absolute atomic E-state index is 0.211. The van der Waals surface area contributed by atoms with Crippen molar-refractivity contribution in [3.05, 3.63) is 87.1 Å². The number of nitrogens with one attached hydrogen (secondary N) is 3. The summed E-state index contributed by atoms with van der Waals surface area (Å²) >= 11 is 7.11. The topological polar surface area (TPSA) is 87.3 Å². The summed E-state index contributed by atoms with van der Waals surface area (Å²) in [6, 6.07) is 16.1. The highest BCUT2D eigenvalue weighted by Crippen LogP contribution is 2.14. The Morgan fingerprint density at radius 2 is 1.30 bits per heavy atom. The van der Waals surface area contributed by atoms with Gasteiger partial charge in [-0.1, -0.05) is 17.7 Å². The van der Waals surface area contributed by atoms with Crippen LogP contribution in [0.3, 0.4) is 0 Å². The van der Waals surface area contributed by atoms with Crippen LogP contribution >= 0.6 is 22.9 Å². The zero-order valence-electron chi connectivity index (χ0n) is 13.9. The lowest BCUT2D eigenvalue weighted by Gasteiger charge is -2.08. The SMILES string of the molecule is O=C(NNC(=O)c1ccc(NC(=O)c2cccs2)cc1)c1ccc(Cl)cc1. The molecule has 3 amide bonds. The molecule has 0 unspecified atom stereocenters. The molecule has 136 valence electrons. The van der Waals surface area contributed by atoms with Crippen LogP contribution in [-0.4, -0.2) is 17.7 Å². The van der Waals surface area contributed by atoms with Crippen molar-refractivity contribution in [1.82, 2.24) is 10.9 Å². The first-order valence-electron chi connectivity index (χ1n) is 7.84. The zero-order chi connectivity index (χ0) is 19.2. The second kappa shape index (κ2) is 8.48. The minimum atomic E-state index is -0.478. The Morgan fingerprint density at radius 3 is 1.81 bits per heavy atom. The second-order valence-corrected chi connectivity index (χ2v) is 6.81. The summed E-state index contributed by atoms with van der Waals surface area (Å²) < 4.78 is 0. The summed E-state index contributed by atoms with van der Waals surface area (Å²) in [6.45, 7) is 0. The van der Waals surface area contributed by atoms with Crippen LogP contribution in [0.1, 0.15) is 30.4 Å². The maximum atomic E-state index is 12.1. The van der Waals surface area contributed by atoms with Gasteiger partial charge >= 0.3 is 0 Å². The van der Waals surface area contributed by atoms with Gasteiger partial charge in [-0.15, -0.1) is 11.3 Å². The lowest BCUT2D eigenvalue weighted by molar-refractivity contribution is 0.0846. The smallest absolute Gasteiger partial charge is 0.269 e. The van der Waals surface area contributed by atoms with Crippen LogP contribution in [0.15, 0.2) is 66.0 Å². The van der Waals surface area contributed by atoms with E-state index in [1.165, 1.54) is 11.3 Å². The monoisotopic (exact) mass is 399 g/mol. The molecule has 3 rings (SSSR count). The Morgan fingerprint density at radius 1 is 0.741 bits per heavy atom. The maximum absolute atomic E-state index is 12.1. The number of anilines is 1. The summed E-state index contributed by atoms with van der Waals surface area (Å²) in [7, 11) is 0. The standard InChI is InChI=1S/C19H14ClN3O3S/c20-14-7-3-12(4-8-14)17(24)22-23-18(25)13-5-9-15(10-6-13)21-19(26)16-2-1-11-27-16/h1-11H,(H,21,26)(H,22,24)(H,23,25). The van der Waals surface area contributed by atoms with Crippen LogP contribution in [0.5, 0.6) is 0 Å². The van der Waals surface area contributed by atoms with Gasteiger partial charge in [0, 0.05) is 21.8 Å². The van der Waals surface area contributed by atoms with Crippen molar-refractivity contribution in [3.63, 3.8) is 0 Å². The third kappa shape index (κ3) is 4.93. The number of hydrogen-bond acceptors (Lipinski definition) is 4. The summed E-state index contributed by atoms with van der Waals surface area (Å²) in [4.78, 5) is 36.7. The lowest BCUT2D eigenvalue weighted by Crippen LogP contribution is -2.41. The highest BCUT2D eigenvalue weighted by Gasteiger charge is 2.10. The highest BCUT2D eigenvalue weighted by atomic mass is 35.5. The maximum Gasteiger partial charge on any atom is 0.269 e. The first-order valence-corrected chi connectivity index (χ1v) is 9.10. The second-order valence-electron chi connectivity index (χ2n) is 5.42. The zero-order valence-corrected chi connectivity index (χ0v) is 15.4. The van der Waals surface area contributed by atoms with E-state index in [4.69, 9.17) is 11.6 Å². The molecule has 0 spiro atoms. The van der Waals surface area contributed by atoms with Crippen LogP contribution < -0.4 is 16.2 Å². The van der Waals surface area contributed by atoms with Crippen molar-refractivity contribution in [3.8, 4) is 0 Å². The van der Waals surface area contributed by atoms with Gasteiger partial charge in [-0.25, -0.2) is 0 Å². The van der Waals surface area contributed by atoms with Gasteiger partial charge in [-0.2, -0.15) is 0 Å². The van der Waals surface area contributed by atoms with Crippen molar-refractivity contribution < 1.29 is 14.4 Å². The molecule has 1 aromatic heterocycles. The Kier molecular flexibility index (Phi) is 5.85. The van der Waals surface area contributed by atoms with Gasteiger partial charge in [-0.05, 0) is 60.0 Å². The molecule has 1 heterocycles. The number of rotatable bonds is 4. The molecular weight excluding hydrogens is 386 g/mol. The highest BCUT2D eigenvalue weighted by molar-refractivity contribution is 7.12. The Labute approximate surface area is 164 Å². The van der Waals surface area contributed by atoms with Crippen molar-refractivity contribution in [2.24, 2.45) is 0 Å². The van der Waals surface area contributed by atoms with Crippen molar-refractivity contribution in [2.45, 2.75) is 0 Å². The Bertz CT molecular complexity index is 955. The van der Waals surface area contributed by atoms with Crippen molar-refractivity contribution in [2.75, 3.05) is 5.32 Å². The van der Waals surface area contributed by atoms with Gasteiger partial charge in [0.25, 0.3) is 17.7 Å². The minimum Gasteiger partial charge on any atom is -0.321 e. The average Bonchev–Trinajstić information content (AvgIpc) is 3.22. The number of amides is 3. The fourth-order valence-electron chi connectivity index (χ4n) is 2.16. The molecule has 0 bridgehead atoms. The number of carbonyl (C=O) groups excluding carboxylic acids is 3. The molecule has 3 N–H and O–H groups in total. The van der Waals surface area contributed by atoms with E-state index < -0.39 is 11.8 Å². The van der Waals surface area contributed by atoms with Crippen LogP contribution in [-0.2, 0) is 0 Å². The van der Waals surface area contributed by atoms with E-state index in [-0.39, 0.29) is 5.91 Å². The first-order chi connectivity index (χ1) is 13.0. The molecule has 27 heavy (non-hydrogen) atoms. The van der Waals surface area contributed by atoms with E-state index >= 15 is 0 Å². The quantitative estimate of drug-likeness (QED) is 0.584. The predicted molar refractivity (Wildman–Crippen MR) is 105 cm³/mol. The average molecular weight is 400 g/mol. The lowest BCUT2D eigenvalue weighted by atomic mass is 10.2.